The van der Waals surface area contributed by atoms with Crippen molar-refractivity contribution in [2.24, 2.45) is 0 Å². The van der Waals surface area contributed by atoms with Crippen molar-refractivity contribution in [1.29, 1.82) is 0 Å². The third-order valence-electron chi connectivity index (χ3n) is 5.79. The van der Waals surface area contributed by atoms with E-state index in [-0.39, 0.29) is 17.5 Å². The van der Waals surface area contributed by atoms with E-state index >= 15 is 0 Å². The average Bonchev–Trinajstić information content (AvgIpc) is 3.25. The molecule has 3 aliphatic rings. The lowest BCUT2D eigenvalue weighted by Gasteiger charge is -2.27. The second-order valence-electron chi connectivity index (χ2n) is 7.85. The Bertz CT molecular complexity index is 864. The van der Waals surface area contributed by atoms with Crippen LogP contribution in [0, 0.1) is 0 Å². The van der Waals surface area contributed by atoms with Gasteiger partial charge >= 0.3 is 0 Å². The summed E-state index contributed by atoms with van der Waals surface area (Å²) in [6.45, 7) is 0.530. The van der Waals surface area contributed by atoms with E-state index in [4.69, 9.17) is 21.4 Å². The van der Waals surface area contributed by atoms with Crippen LogP contribution in [0.2, 0.25) is 5.02 Å². The van der Waals surface area contributed by atoms with E-state index in [2.05, 4.69) is 15.5 Å². The first-order valence-corrected chi connectivity index (χ1v) is 10.3. The lowest BCUT2D eigenvalue weighted by molar-refractivity contribution is 0.00835. The van der Waals surface area contributed by atoms with Crippen LogP contribution in [-0.4, -0.2) is 39.2 Å². The molecule has 5 rings (SSSR count). The Morgan fingerprint density at radius 3 is 2.50 bits per heavy atom. The van der Waals surface area contributed by atoms with Crippen molar-refractivity contribution >= 4 is 17.4 Å². The molecule has 2 saturated carbocycles. The van der Waals surface area contributed by atoms with Crippen LogP contribution in [0.25, 0.3) is 11.3 Å². The van der Waals surface area contributed by atoms with Crippen LogP contribution in [0.15, 0.2) is 18.2 Å². The minimum absolute atomic E-state index is 0.0299. The minimum atomic E-state index is -0.0299. The summed E-state index contributed by atoms with van der Waals surface area (Å²) in [7, 11) is 1.82. The number of fused-ring (bicyclic) bond motifs is 1. The van der Waals surface area contributed by atoms with Crippen LogP contribution >= 0.6 is 11.6 Å². The predicted molar refractivity (Wildman–Crippen MR) is 109 cm³/mol. The average molecular weight is 404 g/mol. The highest BCUT2D eigenvalue weighted by atomic mass is 35.5. The molecule has 0 saturated heterocycles. The number of halogens is 1. The Morgan fingerprint density at radius 2 is 1.93 bits per heavy atom. The number of hydrogen-bond donors (Lipinski definition) is 3. The Balaban J connectivity index is 0.000000275. The van der Waals surface area contributed by atoms with Gasteiger partial charge in [-0.15, -0.1) is 10.2 Å². The SMILES string of the molecule is CNc1nnc(-c2ccc(Cl)cc2O)c2c1COC1(CC1)C2.OC1CCCC1. The van der Waals surface area contributed by atoms with Crippen molar-refractivity contribution in [1.82, 2.24) is 10.2 Å². The topological polar surface area (TPSA) is 87.5 Å². The maximum absolute atomic E-state index is 10.2. The van der Waals surface area contributed by atoms with E-state index in [0.29, 0.717) is 17.2 Å². The summed E-state index contributed by atoms with van der Waals surface area (Å²) < 4.78 is 5.99. The number of aliphatic hydroxyl groups excluding tert-OH is 1. The lowest BCUT2D eigenvalue weighted by atomic mass is 9.93. The number of rotatable bonds is 2. The highest BCUT2D eigenvalue weighted by Crippen LogP contribution is 2.49. The molecule has 1 aliphatic heterocycles. The summed E-state index contributed by atoms with van der Waals surface area (Å²) in [5.74, 6) is 0.861. The smallest absolute Gasteiger partial charge is 0.154 e. The van der Waals surface area contributed by atoms with Gasteiger partial charge < -0.3 is 20.3 Å². The second-order valence-corrected chi connectivity index (χ2v) is 8.29. The van der Waals surface area contributed by atoms with Crippen LogP contribution in [-0.2, 0) is 17.8 Å². The van der Waals surface area contributed by atoms with E-state index in [1.54, 1.807) is 12.1 Å². The summed E-state index contributed by atoms with van der Waals surface area (Å²) in [5, 5.41) is 31.1. The zero-order valence-corrected chi connectivity index (χ0v) is 16.8. The number of aromatic nitrogens is 2. The van der Waals surface area contributed by atoms with Gasteiger partial charge in [0, 0.05) is 29.6 Å². The number of phenols is 1. The molecule has 0 unspecified atom stereocenters. The van der Waals surface area contributed by atoms with Crippen molar-refractivity contribution in [2.75, 3.05) is 12.4 Å². The fourth-order valence-corrected chi connectivity index (χ4v) is 4.10. The van der Waals surface area contributed by atoms with Gasteiger partial charge in [0.1, 0.15) is 11.4 Å². The highest BCUT2D eigenvalue weighted by molar-refractivity contribution is 6.30. The highest BCUT2D eigenvalue weighted by Gasteiger charge is 2.48. The molecule has 2 aromatic rings. The summed E-state index contributed by atoms with van der Waals surface area (Å²) in [6.07, 6.45) is 7.57. The molecular formula is C21H26ClN3O3. The van der Waals surface area contributed by atoms with Gasteiger partial charge in [-0.25, -0.2) is 0 Å². The first kappa shape index (κ1) is 19.4. The number of aromatic hydroxyl groups is 1. The third kappa shape index (κ3) is 3.95. The molecule has 2 heterocycles. The van der Waals surface area contributed by atoms with E-state index < -0.39 is 0 Å². The number of nitrogens with zero attached hydrogens (tertiary/aromatic N) is 2. The molecule has 0 radical (unpaired) electrons. The fraction of sp³-hybridized carbons (Fsp3) is 0.524. The van der Waals surface area contributed by atoms with Crippen LogP contribution in [0.5, 0.6) is 5.75 Å². The summed E-state index contributed by atoms with van der Waals surface area (Å²) in [6, 6.07) is 5.07. The van der Waals surface area contributed by atoms with Crippen molar-refractivity contribution in [3.63, 3.8) is 0 Å². The normalized spacial score (nSPS) is 19.7. The number of benzene rings is 1. The molecule has 1 aromatic carbocycles. The van der Waals surface area contributed by atoms with Gasteiger partial charge in [-0.2, -0.15) is 0 Å². The van der Waals surface area contributed by atoms with Gasteiger partial charge in [0.05, 0.1) is 18.3 Å². The molecule has 0 bridgehead atoms. The van der Waals surface area contributed by atoms with E-state index in [0.717, 1.165) is 54.7 Å². The van der Waals surface area contributed by atoms with Crippen molar-refractivity contribution in [2.45, 2.75) is 63.3 Å². The van der Waals surface area contributed by atoms with E-state index in [1.807, 2.05) is 7.05 Å². The maximum atomic E-state index is 10.2. The molecule has 1 spiro atoms. The zero-order chi connectivity index (χ0) is 19.7. The molecule has 7 heteroatoms. The zero-order valence-electron chi connectivity index (χ0n) is 16.0. The summed E-state index contributed by atoms with van der Waals surface area (Å²) >= 11 is 5.92. The van der Waals surface area contributed by atoms with Crippen molar-refractivity contribution in [3.05, 3.63) is 34.3 Å². The van der Waals surface area contributed by atoms with Gasteiger partial charge in [0.15, 0.2) is 5.82 Å². The molecule has 6 nitrogen and oxygen atoms in total. The van der Waals surface area contributed by atoms with Crippen LogP contribution in [0.1, 0.15) is 49.7 Å². The molecule has 1 aromatic heterocycles. The fourth-order valence-electron chi connectivity index (χ4n) is 3.94. The van der Waals surface area contributed by atoms with Crippen molar-refractivity contribution < 1.29 is 14.9 Å². The quantitative estimate of drug-likeness (QED) is 0.700. The molecule has 150 valence electrons. The number of anilines is 1. The van der Waals surface area contributed by atoms with E-state index in [1.165, 1.54) is 18.9 Å². The van der Waals surface area contributed by atoms with Crippen LogP contribution in [0.4, 0.5) is 5.82 Å². The molecule has 0 amide bonds. The number of hydrogen-bond acceptors (Lipinski definition) is 6. The second kappa shape index (κ2) is 7.85. The number of aliphatic hydroxyl groups is 1. The van der Waals surface area contributed by atoms with Gasteiger partial charge in [0.2, 0.25) is 0 Å². The lowest BCUT2D eigenvalue weighted by Crippen LogP contribution is -2.26. The van der Waals surface area contributed by atoms with Crippen LogP contribution < -0.4 is 5.32 Å². The molecule has 28 heavy (non-hydrogen) atoms. The van der Waals surface area contributed by atoms with Gasteiger partial charge in [-0.1, -0.05) is 24.4 Å². The number of ether oxygens (including phenoxy) is 1. The predicted octanol–water partition coefficient (Wildman–Crippen LogP) is 4.07. The summed E-state index contributed by atoms with van der Waals surface area (Å²) in [4.78, 5) is 0. The van der Waals surface area contributed by atoms with Gasteiger partial charge in [-0.05, 0) is 49.4 Å². The number of nitrogens with one attached hydrogen (secondary N) is 1. The minimum Gasteiger partial charge on any atom is -0.507 e. The molecule has 3 N–H and O–H groups in total. The standard InChI is InChI=1S/C16H16ClN3O2.C5H10O/c1-18-15-12-8-22-16(4-5-16)7-11(12)14(19-20-15)10-3-2-9(17)6-13(10)21;6-5-3-1-2-4-5/h2-3,6,21H,4-5,7-8H2,1H3,(H,18,20);5-6H,1-4H2. The number of phenolic OH excluding ortho intramolecular Hbond substituents is 1. The summed E-state index contributed by atoms with van der Waals surface area (Å²) in [5.41, 5.74) is 3.49. The van der Waals surface area contributed by atoms with Gasteiger partial charge in [0.25, 0.3) is 0 Å². The van der Waals surface area contributed by atoms with Crippen LogP contribution in [0.3, 0.4) is 0 Å². The maximum Gasteiger partial charge on any atom is 0.154 e. The monoisotopic (exact) mass is 403 g/mol. The Kier molecular flexibility index (Phi) is 5.45. The Hall–Kier alpha value is -1.89. The first-order chi connectivity index (χ1) is 13.5. The van der Waals surface area contributed by atoms with Gasteiger partial charge in [-0.3, -0.25) is 0 Å². The first-order valence-electron chi connectivity index (χ1n) is 9.88. The Morgan fingerprint density at radius 1 is 1.18 bits per heavy atom. The van der Waals surface area contributed by atoms with Crippen molar-refractivity contribution in [3.8, 4) is 17.0 Å². The molecule has 2 fully saturated rings. The molecule has 0 atom stereocenters. The Labute approximate surface area is 169 Å². The largest absolute Gasteiger partial charge is 0.507 e. The molecule has 2 aliphatic carbocycles. The van der Waals surface area contributed by atoms with E-state index in [9.17, 15) is 5.11 Å². The third-order valence-corrected chi connectivity index (χ3v) is 6.03. The molecular weight excluding hydrogens is 378 g/mol.